The van der Waals surface area contributed by atoms with Crippen LogP contribution in [-0.4, -0.2) is 68.1 Å². The first kappa shape index (κ1) is 23.8. The van der Waals surface area contributed by atoms with E-state index in [1.807, 2.05) is 18.2 Å². The predicted molar refractivity (Wildman–Crippen MR) is 133 cm³/mol. The number of rotatable bonds is 6. The molecule has 1 atom stereocenters. The van der Waals surface area contributed by atoms with Crippen molar-refractivity contribution in [2.75, 3.05) is 44.3 Å². The molecule has 8 nitrogen and oxygen atoms in total. The van der Waals surface area contributed by atoms with E-state index in [1.54, 1.807) is 15.9 Å². The SMILES string of the molecule is O=C(C1CN(C(=O)CCCNC(=O)C23CC4CC(CC(C4)C2)C3)c2ccccc2O1)N1CCOCC1. The number of carbonyl (C=O) groups excluding carboxylic acids is 3. The molecule has 3 amide bonds. The quantitative estimate of drug-likeness (QED) is 0.613. The van der Waals surface area contributed by atoms with Crippen LogP contribution in [0, 0.1) is 23.2 Å². The molecule has 1 aromatic carbocycles. The van der Waals surface area contributed by atoms with Gasteiger partial charge in [-0.15, -0.1) is 0 Å². The molecule has 1 unspecified atom stereocenters. The van der Waals surface area contributed by atoms with Crippen LogP contribution in [0.1, 0.15) is 51.4 Å². The van der Waals surface area contributed by atoms with Crippen molar-refractivity contribution in [3.8, 4) is 5.75 Å². The van der Waals surface area contributed by atoms with Gasteiger partial charge in [-0.25, -0.2) is 0 Å². The summed E-state index contributed by atoms with van der Waals surface area (Å²) in [6, 6.07) is 7.39. The van der Waals surface area contributed by atoms with Crippen LogP contribution in [0.2, 0.25) is 0 Å². The zero-order valence-electron chi connectivity index (χ0n) is 21.0. The number of fused-ring (bicyclic) bond motifs is 1. The lowest BCUT2D eigenvalue weighted by molar-refractivity contribution is -0.146. The van der Waals surface area contributed by atoms with Crippen LogP contribution < -0.4 is 15.0 Å². The Labute approximate surface area is 212 Å². The summed E-state index contributed by atoms with van der Waals surface area (Å²) < 4.78 is 11.4. The summed E-state index contributed by atoms with van der Waals surface area (Å²) in [6.45, 7) is 2.83. The minimum Gasteiger partial charge on any atom is -0.476 e. The van der Waals surface area contributed by atoms with Gasteiger partial charge in [0.25, 0.3) is 5.91 Å². The smallest absolute Gasteiger partial charge is 0.265 e. The zero-order valence-corrected chi connectivity index (χ0v) is 21.0. The molecule has 2 heterocycles. The third-order valence-corrected chi connectivity index (χ3v) is 9.05. The lowest BCUT2D eigenvalue weighted by Crippen LogP contribution is -2.54. The summed E-state index contributed by atoms with van der Waals surface area (Å²) in [5, 5.41) is 3.18. The third-order valence-electron chi connectivity index (χ3n) is 9.05. The number of carbonyl (C=O) groups is 3. The van der Waals surface area contributed by atoms with Gasteiger partial charge < -0.3 is 24.6 Å². The van der Waals surface area contributed by atoms with Crippen molar-refractivity contribution in [1.29, 1.82) is 0 Å². The van der Waals surface area contributed by atoms with Crippen molar-refractivity contribution >= 4 is 23.4 Å². The summed E-state index contributed by atoms with van der Waals surface area (Å²) in [5.41, 5.74) is 0.542. The van der Waals surface area contributed by atoms with Crippen molar-refractivity contribution in [3.63, 3.8) is 0 Å². The highest BCUT2D eigenvalue weighted by atomic mass is 16.5. The van der Waals surface area contributed by atoms with E-state index >= 15 is 0 Å². The van der Waals surface area contributed by atoms with Crippen molar-refractivity contribution in [2.45, 2.75) is 57.5 Å². The standard InChI is InChI=1S/C28H37N3O5/c32-25(6-3-7-29-27(34)28-15-19-12-20(16-28)14-21(13-19)17-28)31-18-24(26(33)30-8-10-35-11-9-30)36-23-5-2-1-4-22(23)31/h1-2,4-5,19-21,24H,3,6-18H2,(H,29,34). The summed E-state index contributed by atoms with van der Waals surface area (Å²) in [7, 11) is 0. The van der Waals surface area contributed by atoms with Crippen molar-refractivity contribution < 1.29 is 23.9 Å². The Morgan fingerprint density at radius 2 is 1.64 bits per heavy atom. The van der Waals surface area contributed by atoms with Crippen LogP contribution in [0.15, 0.2) is 24.3 Å². The van der Waals surface area contributed by atoms with E-state index in [2.05, 4.69) is 5.32 Å². The Hall–Kier alpha value is -2.61. The van der Waals surface area contributed by atoms with Crippen LogP contribution >= 0.6 is 0 Å². The molecule has 0 aromatic heterocycles. The van der Waals surface area contributed by atoms with E-state index in [0.717, 1.165) is 37.0 Å². The number of hydrogen-bond donors (Lipinski definition) is 1. The molecule has 0 spiro atoms. The molecule has 1 saturated heterocycles. The number of para-hydroxylation sites is 2. The Morgan fingerprint density at radius 3 is 2.33 bits per heavy atom. The molecule has 0 radical (unpaired) electrons. The maximum absolute atomic E-state index is 13.3. The van der Waals surface area contributed by atoms with E-state index in [-0.39, 0.29) is 29.7 Å². The van der Waals surface area contributed by atoms with Crippen LogP contribution in [0.25, 0.3) is 0 Å². The molecule has 194 valence electrons. The Balaban J connectivity index is 1.05. The van der Waals surface area contributed by atoms with Gasteiger partial charge in [0, 0.05) is 31.5 Å². The van der Waals surface area contributed by atoms with Gasteiger partial charge in [-0.05, 0) is 74.8 Å². The average molecular weight is 496 g/mol. The number of nitrogens with zero attached hydrogens (tertiary/aromatic N) is 2. The highest BCUT2D eigenvalue weighted by molar-refractivity contribution is 5.97. The maximum atomic E-state index is 13.3. The first-order valence-corrected chi connectivity index (χ1v) is 13.7. The van der Waals surface area contributed by atoms with Crippen LogP contribution in [0.5, 0.6) is 5.75 Å². The summed E-state index contributed by atoms with van der Waals surface area (Å²) in [4.78, 5) is 43.0. The molecule has 6 aliphatic rings. The number of morpholine rings is 1. The highest BCUT2D eigenvalue weighted by Gasteiger charge is 2.54. The minimum absolute atomic E-state index is 0.0467. The van der Waals surface area contributed by atoms with Crippen molar-refractivity contribution in [3.05, 3.63) is 24.3 Å². The molecule has 4 saturated carbocycles. The molecule has 2 aliphatic heterocycles. The Kier molecular flexibility index (Phi) is 6.40. The molecular weight excluding hydrogens is 458 g/mol. The van der Waals surface area contributed by atoms with Gasteiger partial charge in [0.15, 0.2) is 6.10 Å². The van der Waals surface area contributed by atoms with Crippen molar-refractivity contribution in [2.24, 2.45) is 23.2 Å². The molecule has 8 heteroatoms. The number of nitrogens with one attached hydrogen (secondary N) is 1. The number of benzene rings is 1. The number of amides is 3. The molecule has 7 rings (SSSR count). The van der Waals surface area contributed by atoms with Gasteiger partial charge in [0.1, 0.15) is 5.75 Å². The van der Waals surface area contributed by atoms with Crippen LogP contribution in [0.3, 0.4) is 0 Å². The second kappa shape index (κ2) is 9.69. The van der Waals surface area contributed by atoms with Gasteiger partial charge in [-0.1, -0.05) is 12.1 Å². The topological polar surface area (TPSA) is 88.2 Å². The lowest BCUT2D eigenvalue weighted by Gasteiger charge is -2.55. The van der Waals surface area contributed by atoms with E-state index in [4.69, 9.17) is 9.47 Å². The fraction of sp³-hybridized carbons (Fsp3) is 0.679. The number of ether oxygens (including phenoxy) is 2. The molecule has 1 N–H and O–H groups in total. The summed E-state index contributed by atoms with van der Waals surface area (Å²) in [6.07, 6.45) is 7.27. The first-order chi connectivity index (χ1) is 17.5. The molecule has 5 fully saturated rings. The van der Waals surface area contributed by atoms with E-state index in [9.17, 15) is 14.4 Å². The number of hydrogen-bond acceptors (Lipinski definition) is 5. The highest BCUT2D eigenvalue weighted by Crippen LogP contribution is 2.60. The van der Waals surface area contributed by atoms with Gasteiger partial charge in [0.2, 0.25) is 11.8 Å². The Morgan fingerprint density at radius 1 is 0.972 bits per heavy atom. The van der Waals surface area contributed by atoms with E-state index in [1.165, 1.54) is 19.3 Å². The molecule has 36 heavy (non-hydrogen) atoms. The number of anilines is 1. The molecule has 4 bridgehead atoms. The lowest BCUT2D eigenvalue weighted by atomic mass is 9.49. The van der Waals surface area contributed by atoms with Gasteiger partial charge in [-0.2, -0.15) is 0 Å². The van der Waals surface area contributed by atoms with Crippen molar-refractivity contribution in [1.82, 2.24) is 10.2 Å². The minimum atomic E-state index is -0.724. The zero-order chi connectivity index (χ0) is 24.7. The van der Waals surface area contributed by atoms with Gasteiger partial charge >= 0.3 is 0 Å². The molecular formula is C28H37N3O5. The normalized spacial score (nSPS) is 32.6. The van der Waals surface area contributed by atoms with Gasteiger partial charge in [0.05, 0.1) is 25.4 Å². The monoisotopic (exact) mass is 495 g/mol. The fourth-order valence-electron chi connectivity index (χ4n) is 7.74. The second-order valence-corrected chi connectivity index (χ2v) is 11.6. The van der Waals surface area contributed by atoms with Crippen LogP contribution in [0.4, 0.5) is 5.69 Å². The van der Waals surface area contributed by atoms with E-state index < -0.39 is 6.10 Å². The summed E-state index contributed by atoms with van der Waals surface area (Å²) >= 11 is 0. The summed E-state index contributed by atoms with van der Waals surface area (Å²) in [5.74, 6) is 2.82. The second-order valence-electron chi connectivity index (χ2n) is 11.6. The maximum Gasteiger partial charge on any atom is 0.265 e. The fourth-order valence-corrected chi connectivity index (χ4v) is 7.74. The Bertz CT molecular complexity index is 985. The third kappa shape index (κ3) is 4.49. The largest absolute Gasteiger partial charge is 0.476 e. The predicted octanol–water partition coefficient (Wildman–Crippen LogP) is 2.75. The first-order valence-electron chi connectivity index (χ1n) is 13.7. The van der Waals surface area contributed by atoms with Gasteiger partial charge in [-0.3, -0.25) is 14.4 Å². The molecule has 1 aromatic rings. The van der Waals surface area contributed by atoms with E-state index in [0.29, 0.717) is 57.1 Å². The van der Waals surface area contributed by atoms with Crippen LogP contribution in [-0.2, 0) is 19.1 Å². The molecule has 4 aliphatic carbocycles. The average Bonchev–Trinajstić information content (AvgIpc) is 2.89.